The van der Waals surface area contributed by atoms with E-state index < -0.39 is 0 Å². The summed E-state index contributed by atoms with van der Waals surface area (Å²) >= 11 is 4.25. The molecule has 0 heterocycles. The maximum absolute atomic E-state index is 12.6. The molecule has 0 aliphatic rings. The van der Waals surface area contributed by atoms with Gasteiger partial charge in [0, 0.05) is 11.6 Å². The number of rotatable bonds is 2. The first-order valence-electron chi connectivity index (χ1n) is 3.39. The van der Waals surface area contributed by atoms with Crippen LogP contribution in [0, 0.1) is 11.9 Å². The normalized spacial score (nSPS) is 8.42. The summed E-state index contributed by atoms with van der Waals surface area (Å²) in [6, 6.07) is 7.03. The quantitative estimate of drug-likeness (QED) is 0.599. The zero-order chi connectivity index (χ0) is 9.40. The second kappa shape index (κ2) is 7.69. The summed E-state index contributed by atoms with van der Waals surface area (Å²) < 4.78 is 17.6. The Morgan fingerprint density at radius 2 is 2.33 bits per heavy atom. The van der Waals surface area contributed by atoms with Crippen LogP contribution in [0.1, 0.15) is 6.92 Å². The Bertz CT molecular complexity index is 220. The Labute approximate surface area is 88.3 Å². The second-order valence-corrected chi connectivity index (χ2v) is 1.79. The first-order valence-corrected chi connectivity index (χ1v) is 10.3. The molecule has 0 unspecified atom stereocenters. The van der Waals surface area contributed by atoms with E-state index in [4.69, 9.17) is 4.74 Å². The summed E-state index contributed by atoms with van der Waals surface area (Å²) in [6.07, 6.45) is 0. The van der Waals surface area contributed by atoms with Crippen LogP contribution in [0.25, 0.3) is 0 Å². The maximum atomic E-state index is 12.6. The molecule has 0 saturated heterocycles. The Hall–Kier alpha value is 0.0534. The summed E-state index contributed by atoms with van der Waals surface area (Å²) in [6.45, 7) is 2.30. The molecule has 1 rings (SSSR count). The van der Waals surface area contributed by atoms with E-state index in [9.17, 15) is 4.39 Å². The number of ether oxygens (including phenoxy) is 1. The Kier molecular flexibility index (Phi) is 7.72. The minimum absolute atomic E-state index is 0.293. The fourth-order valence-corrected chi connectivity index (χ4v) is 0.668. The zero-order valence-corrected chi connectivity index (χ0v) is 11.4. The third-order valence-corrected chi connectivity index (χ3v) is 1.08. The van der Waals surface area contributed by atoms with Gasteiger partial charge in [-0.2, -0.15) is 12.1 Å². The van der Waals surface area contributed by atoms with Crippen molar-refractivity contribution in [1.29, 1.82) is 0 Å². The number of halogens is 2. The van der Waals surface area contributed by atoms with E-state index in [0.29, 0.717) is 12.4 Å². The summed E-state index contributed by atoms with van der Waals surface area (Å²) in [5, 5.41) is 0. The SMILES string of the molecule is CCOc1cc[c-]cc1F.[Zn+][Br]. The molecule has 0 aliphatic carbocycles. The average molecular weight is 284 g/mol. The Morgan fingerprint density at radius 1 is 1.67 bits per heavy atom. The van der Waals surface area contributed by atoms with Crippen LogP contribution in [-0.4, -0.2) is 6.61 Å². The minimum atomic E-state index is -0.357. The molecule has 0 N–H and O–H groups in total. The molecule has 0 aromatic heterocycles. The van der Waals surface area contributed by atoms with Gasteiger partial charge < -0.3 is 4.74 Å². The van der Waals surface area contributed by atoms with Gasteiger partial charge >= 0.3 is 30.0 Å². The van der Waals surface area contributed by atoms with Gasteiger partial charge in [0.1, 0.15) is 0 Å². The summed E-state index contributed by atoms with van der Waals surface area (Å²) in [5.74, 6) is -0.0643. The first kappa shape index (κ1) is 12.1. The van der Waals surface area contributed by atoms with E-state index in [0.717, 1.165) is 0 Å². The van der Waals surface area contributed by atoms with Gasteiger partial charge in [-0.3, -0.25) is 4.39 Å². The summed E-state index contributed by atoms with van der Waals surface area (Å²) in [7, 11) is 0. The molecule has 0 spiro atoms. The summed E-state index contributed by atoms with van der Waals surface area (Å²) in [5.41, 5.74) is 0. The van der Waals surface area contributed by atoms with E-state index in [1.54, 1.807) is 12.1 Å². The zero-order valence-electron chi connectivity index (χ0n) is 6.81. The number of hydrogen-bond donors (Lipinski definition) is 0. The van der Waals surface area contributed by atoms with E-state index in [1.807, 2.05) is 6.92 Å². The molecule has 0 atom stereocenters. The second-order valence-electron chi connectivity index (χ2n) is 1.79. The van der Waals surface area contributed by atoms with Crippen LogP contribution in [0.15, 0.2) is 18.2 Å². The molecule has 0 bridgehead atoms. The summed E-state index contributed by atoms with van der Waals surface area (Å²) in [4.78, 5) is 0. The fourth-order valence-electron chi connectivity index (χ4n) is 0.668. The molecule has 1 nitrogen and oxygen atoms in total. The van der Waals surface area contributed by atoms with E-state index in [2.05, 4.69) is 19.7 Å². The van der Waals surface area contributed by atoms with Crippen molar-refractivity contribution in [2.24, 2.45) is 0 Å². The topological polar surface area (TPSA) is 9.23 Å². The fraction of sp³-hybridized carbons (Fsp3) is 0.250. The third-order valence-electron chi connectivity index (χ3n) is 1.08. The molecule has 0 saturated carbocycles. The molecule has 0 aliphatic heterocycles. The van der Waals surface area contributed by atoms with Crippen LogP contribution in [0.4, 0.5) is 4.39 Å². The van der Waals surface area contributed by atoms with Crippen molar-refractivity contribution in [1.82, 2.24) is 0 Å². The van der Waals surface area contributed by atoms with Crippen molar-refractivity contribution in [3.05, 3.63) is 30.1 Å². The van der Waals surface area contributed by atoms with E-state index in [-0.39, 0.29) is 5.82 Å². The monoisotopic (exact) mass is 282 g/mol. The van der Waals surface area contributed by atoms with E-state index in [1.165, 1.54) is 22.4 Å². The predicted molar refractivity (Wildman–Crippen MR) is 45.3 cm³/mol. The first-order chi connectivity index (χ1) is 5.84. The Morgan fingerprint density at radius 3 is 2.83 bits per heavy atom. The average Bonchev–Trinajstić information content (AvgIpc) is 2.13. The van der Waals surface area contributed by atoms with Gasteiger partial charge in [0.2, 0.25) is 0 Å². The van der Waals surface area contributed by atoms with Crippen molar-refractivity contribution >= 4 is 13.6 Å². The van der Waals surface area contributed by atoms with Crippen LogP contribution in [0.3, 0.4) is 0 Å². The van der Waals surface area contributed by atoms with Gasteiger partial charge in [-0.1, -0.05) is 0 Å². The molecule has 12 heavy (non-hydrogen) atoms. The molecule has 0 fully saturated rings. The van der Waals surface area contributed by atoms with Gasteiger partial charge in [-0.15, -0.1) is 12.1 Å². The molecule has 1 aromatic carbocycles. The van der Waals surface area contributed by atoms with Crippen molar-refractivity contribution in [3.8, 4) is 5.75 Å². The predicted octanol–water partition coefficient (Wildman–Crippen LogP) is 2.87. The van der Waals surface area contributed by atoms with Crippen molar-refractivity contribution in [2.75, 3.05) is 6.61 Å². The van der Waals surface area contributed by atoms with Gasteiger partial charge in [0.05, 0.1) is 6.61 Å². The van der Waals surface area contributed by atoms with Crippen LogP contribution in [-0.2, 0) is 16.3 Å². The third kappa shape index (κ3) is 4.17. The van der Waals surface area contributed by atoms with Crippen LogP contribution in [0.5, 0.6) is 5.75 Å². The number of benzene rings is 1. The van der Waals surface area contributed by atoms with Crippen LogP contribution < -0.4 is 4.74 Å². The molecule has 0 radical (unpaired) electrons. The Balaban J connectivity index is 0.000000561. The number of hydrogen-bond acceptors (Lipinski definition) is 1. The van der Waals surface area contributed by atoms with Gasteiger partial charge in [0.25, 0.3) is 0 Å². The van der Waals surface area contributed by atoms with Gasteiger partial charge in [-0.05, 0) is 6.92 Å². The van der Waals surface area contributed by atoms with Gasteiger partial charge in [0.15, 0.2) is 0 Å². The molecule has 0 amide bonds. The van der Waals surface area contributed by atoms with E-state index >= 15 is 0 Å². The molecule has 4 heteroatoms. The van der Waals surface area contributed by atoms with Crippen molar-refractivity contribution < 1.29 is 25.5 Å². The molecular formula is C8H8BrFOZn. The molecule has 62 valence electrons. The molecular weight excluding hydrogens is 276 g/mol. The van der Waals surface area contributed by atoms with Crippen LogP contribution in [0.2, 0.25) is 0 Å². The van der Waals surface area contributed by atoms with Crippen molar-refractivity contribution in [2.45, 2.75) is 6.92 Å². The molecule has 1 aromatic rings. The van der Waals surface area contributed by atoms with Crippen LogP contribution >= 0.6 is 13.6 Å². The van der Waals surface area contributed by atoms with Crippen molar-refractivity contribution in [3.63, 3.8) is 0 Å². The van der Waals surface area contributed by atoms with Gasteiger partial charge in [-0.25, -0.2) is 0 Å². The standard InChI is InChI=1S/C8H8FO.BrH.Zn/c1-2-10-8-6-4-3-5-7(8)9;;/h4-6H,2H2,1H3;1H;/q-1;;+2/p-1.